The number of nitrogens with one attached hydrogen (secondary N) is 1. The van der Waals surface area contributed by atoms with Gasteiger partial charge in [0.15, 0.2) is 5.01 Å². The first-order chi connectivity index (χ1) is 7.48. The molecule has 1 aliphatic rings. The van der Waals surface area contributed by atoms with Gasteiger partial charge in [-0.1, -0.05) is 0 Å². The average Bonchev–Trinajstić information content (AvgIpc) is 2.61. The molecule has 1 aromatic rings. The van der Waals surface area contributed by atoms with Gasteiger partial charge in [0.25, 0.3) is 0 Å². The first kappa shape index (κ1) is 11.8. The molecule has 0 bridgehead atoms. The summed E-state index contributed by atoms with van der Waals surface area (Å²) in [7, 11) is 0. The minimum atomic E-state index is -4.37. The van der Waals surface area contributed by atoms with Gasteiger partial charge in [-0.05, 0) is 6.92 Å². The first-order valence-corrected chi connectivity index (χ1v) is 5.67. The Morgan fingerprint density at radius 2 is 2.25 bits per heavy atom. The largest absolute Gasteiger partial charge is 0.443 e. The van der Waals surface area contributed by atoms with Crippen LogP contribution >= 0.6 is 11.3 Å². The number of hydrogen-bond donors (Lipinski definition) is 1. The zero-order chi connectivity index (χ0) is 11.8. The van der Waals surface area contributed by atoms with E-state index in [1.165, 1.54) is 0 Å². The van der Waals surface area contributed by atoms with E-state index in [2.05, 4.69) is 10.3 Å². The van der Waals surface area contributed by atoms with Crippen LogP contribution < -0.4 is 5.32 Å². The summed E-state index contributed by atoms with van der Waals surface area (Å²) in [5.74, 6) is 0. The molecule has 1 aromatic heterocycles. The highest BCUT2D eigenvalue weighted by atomic mass is 32.1. The predicted molar refractivity (Wildman–Crippen MR) is 53.4 cm³/mol. The van der Waals surface area contributed by atoms with Crippen LogP contribution in [0, 0.1) is 6.92 Å². The van der Waals surface area contributed by atoms with Crippen molar-refractivity contribution in [3.63, 3.8) is 0 Å². The smallest absolute Gasteiger partial charge is 0.369 e. The Bertz CT molecular complexity index is 371. The van der Waals surface area contributed by atoms with Crippen LogP contribution in [0.2, 0.25) is 0 Å². The molecular weight excluding hydrogens is 241 g/mol. The fourth-order valence-electron chi connectivity index (χ4n) is 1.57. The molecule has 1 atom stereocenters. The van der Waals surface area contributed by atoms with Gasteiger partial charge in [0, 0.05) is 18.0 Å². The normalized spacial score (nSPS) is 22.4. The van der Waals surface area contributed by atoms with E-state index in [1.54, 1.807) is 6.92 Å². The summed E-state index contributed by atoms with van der Waals surface area (Å²) in [5, 5.41) is 2.27. The average molecular weight is 252 g/mol. The van der Waals surface area contributed by atoms with Gasteiger partial charge in [-0.3, -0.25) is 0 Å². The third-order valence-corrected chi connectivity index (χ3v) is 3.34. The molecule has 0 amide bonds. The molecule has 1 saturated heterocycles. The van der Waals surface area contributed by atoms with Crippen LogP contribution in [0.3, 0.4) is 0 Å². The lowest BCUT2D eigenvalue weighted by Gasteiger charge is -2.22. The summed E-state index contributed by atoms with van der Waals surface area (Å²) in [4.78, 5) is 4.20. The molecule has 0 spiro atoms. The Hall–Kier alpha value is -0.660. The molecule has 90 valence electrons. The van der Waals surface area contributed by atoms with Crippen LogP contribution in [0.15, 0.2) is 0 Å². The van der Waals surface area contributed by atoms with E-state index in [0.717, 1.165) is 6.54 Å². The number of aryl methyl sites for hydroxylation is 1. The molecule has 0 aromatic carbocycles. The molecule has 0 saturated carbocycles. The second-order valence-electron chi connectivity index (χ2n) is 3.52. The Labute approximate surface area is 94.6 Å². The first-order valence-electron chi connectivity index (χ1n) is 4.85. The summed E-state index contributed by atoms with van der Waals surface area (Å²) >= 11 is 0.671. The predicted octanol–water partition coefficient (Wildman–Crippen LogP) is 2.13. The van der Waals surface area contributed by atoms with Crippen LogP contribution in [0.25, 0.3) is 0 Å². The molecule has 3 nitrogen and oxygen atoms in total. The molecular formula is C9H11F3N2OS. The van der Waals surface area contributed by atoms with E-state index in [-0.39, 0.29) is 6.10 Å². The lowest BCUT2D eigenvalue weighted by atomic mass is 10.2. The Kier molecular flexibility index (Phi) is 3.18. The lowest BCUT2D eigenvalue weighted by Crippen LogP contribution is -2.33. The maximum atomic E-state index is 12.4. The van der Waals surface area contributed by atoms with Crippen molar-refractivity contribution in [1.82, 2.24) is 10.3 Å². The maximum absolute atomic E-state index is 12.4. The van der Waals surface area contributed by atoms with Gasteiger partial charge in [0.1, 0.15) is 6.10 Å². The summed E-state index contributed by atoms with van der Waals surface area (Å²) < 4.78 is 42.7. The van der Waals surface area contributed by atoms with E-state index >= 15 is 0 Å². The second kappa shape index (κ2) is 4.31. The molecule has 1 fully saturated rings. The summed E-state index contributed by atoms with van der Waals surface area (Å²) in [6.07, 6.45) is -4.73. The van der Waals surface area contributed by atoms with Crippen molar-refractivity contribution >= 4 is 11.3 Å². The summed E-state index contributed by atoms with van der Waals surface area (Å²) in [5.41, 5.74) is 0.407. The van der Waals surface area contributed by atoms with Gasteiger partial charge < -0.3 is 10.1 Å². The third kappa shape index (κ3) is 2.36. The SMILES string of the molecule is Cc1sc(C(F)(F)F)nc1C1CNCCO1. The second-order valence-corrected chi connectivity index (χ2v) is 4.72. The number of morpholine rings is 1. The van der Waals surface area contributed by atoms with Crippen molar-refractivity contribution in [2.24, 2.45) is 0 Å². The zero-order valence-corrected chi connectivity index (χ0v) is 9.41. The Morgan fingerprint density at radius 1 is 1.50 bits per heavy atom. The fourth-order valence-corrected chi connectivity index (χ4v) is 2.40. The van der Waals surface area contributed by atoms with Crippen molar-refractivity contribution in [2.75, 3.05) is 19.7 Å². The number of ether oxygens (including phenoxy) is 1. The number of aromatic nitrogens is 1. The van der Waals surface area contributed by atoms with Crippen molar-refractivity contribution in [2.45, 2.75) is 19.2 Å². The molecule has 2 heterocycles. The van der Waals surface area contributed by atoms with E-state index in [4.69, 9.17) is 4.74 Å². The molecule has 1 N–H and O–H groups in total. The van der Waals surface area contributed by atoms with Crippen molar-refractivity contribution in [1.29, 1.82) is 0 Å². The minimum Gasteiger partial charge on any atom is -0.369 e. The number of hydrogen-bond acceptors (Lipinski definition) is 4. The Morgan fingerprint density at radius 3 is 2.75 bits per heavy atom. The number of nitrogens with zero attached hydrogens (tertiary/aromatic N) is 1. The highest BCUT2D eigenvalue weighted by molar-refractivity contribution is 7.11. The molecule has 2 rings (SSSR count). The topological polar surface area (TPSA) is 34.2 Å². The van der Waals surface area contributed by atoms with Crippen LogP contribution in [0.4, 0.5) is 13.2 Å². The van der Waals surface area contributed by atoms with Gasteiger partial charge in [-0.2, -0.15) is 13.2 Å². The third-order valence-electron chi connectivity index (χ3n) is 2.31. The Balaban J connectivity index is 2.24. The molecule has 0 aliphatic carbocycles. The highest BCUT2D eigenvalue weighted by Gasteiger charge is 2.36. The van der Waals surface area contributed by atoms with Crippen LogP contribution in [0.1, 0.15) is 21.7 Å². The fraction of sp³-hybridized carbons (Fsp3) is 0.667. The standard InChI is InChI=1S/C9H11F3N2OS/c1-5-7(6-4-13-2-3-15-6)14-8(16-5)9(10,11)12/h6,13H,2-4H2,1H3. The molecule has 1 unspecified atom stereocenters. The van der Waals surface area contributed by atoms with Gasteiger partial charge in [0.05, 0.1) is 12.3 Å². The summed E-state index contributed by atoms with van der Waals surface area (Å²) in [6.45, 7) is 3.39. The lowest BCUT2D eigenvalue weighted by molar-refractivity contribution is -0.137. The van der Waals surface area contributed by atoms with Crippen LogP contribution in [-0.4, -0.2) is 24.7 Å². The number of thiazole rings is 1. The minimum absolute atomic E-state index is 0.360. The van der Waals surface area contributed by atoms with E-state index in [0.29, 0.717) is 35.1 Å². The highest BCUT2D eigenvalue weighted by Crippen LogP contribution is 2.36. The maximum Gasteiger partial charge on any atom is 0.443 e. The van der Waals surface area contributed by atoms with E-state index in [1.807, 2.05) is 0 Å². The number of halogens is 3. The number of alkyl halides is 3. The van der Waals surface area contributed by atoms with Gasteiger partial charge >= 0.3 is 6.18 Å². The van der Waals surface area contributed by atoms with Gasteiger partial charge in [0.2, 0.25) is 0 Å². The van der Waals surface area contributed by atoms with Crippen LogP contribution in [-0.2, 0) is 10.9 Å². The quantitative estimate of drug-likeness (QED) is 0.831. The van der Waals surface area contributed by atoms with Crippen LogP contribution in [0.5, 0.6) is 0 Å². The molecule has 16 heavy (non-hydrogen) atoms. The summed E-state index contributed by atoms with van der Waals surface area (Å²) in [6, 6.07) is 0. The molecule has 1 aliphatic heterocycles. The van der Waals surface area contributed by atoms with Crippen molar-refractivity contribution in [3.05, 3.63) is 15.6 Å². The van der Waals surface area contributed by atoms with Gasteiger partial charge in [-0.15, -0.1) is 11.3 Å². The molecule has 0 radical (unpaired) electrons. The number of rotatable bonds is 1. The van der Waals surface area contributed by atoms with E-state index < -0.39 is 11.2 Å². The van der Waals surface area contributed by atoms with Gasteiger partial charge in [-0.25, -0.2) is 4.98 Å². The molecule has 7 heteroatoms. The monoisotopic (exact) mass is 252 g/mol. The van der Waals surface area contributed by atoms with Crippen molar-refractivity contribution in [3.8, 4) is 0 Å². The van der Waals surface area contributed by atoms with Crippen molar-refractivity contribution < 1.29 is 17.9 Å². The zero-order valence-electron chi connectivity index (χ0n) is 8.60. The van der Waals surface area contributed by atoms with E-state index in [9.17, 15) is 13.2 Å².